The molecule has 0 aliphatic carbocycles. The van der Waals surface area contributed by atoms with E-state index in [4.69, 9.17) is 9.47 Å². The molecule has 0 unspecified atom stereocenters. The molecule has 4 rings (SSSR count). The first kappa shape index (κ1) is 14.9. The molecule has 0 N–H and O–H groups in total. The molecule has 0 aromatic heterocycles. The molecule has 24 heavy (non-hydrogen) atoms. The third-order valence-corrected chi connectivity index (χ3v) is 4.48. The number of nitrogens with zero attached hydrogens (tertiary/aromatic N) is 1. The summed E-state index contributed by atoms with van der Waals surface area (Å²) < 4.78 is 11.4. The van der Waals surface area contributed by atoms with Gasteiger partial charge in [0.15, 0.2) is 6.23 Å². The van der Waals surface area contributed by atoms with Gasteiger partial charge in [-0.1, -0.05) is 48.5 Å². The number of ether oxygens (including phenoxy) is 2. The standard InChI is InChI=1S/C19H17NO4/c21-17-11-16(24-19(22)14-9-5-2-6-10-14)15-12-23-18(20(15)17)13-7-3-1-4-8-13/h1-10,15-16,18H,11-12H2/t15-,16+,18-/m1/s1. The zero-order chi connectivity index (χ0) is 16.5. The normalized spacial score (nSPS) is 25.6. The number of hydrogen-bond acceptors (Lipinski definition) is 4. The van der Waals surface area contributed by atoms with Crippen LogP contribution in [0.5, 0.6) is 0 Å². The number of benzene rings is 2. The number of rotatable bonds is 3. The monoisotopic (exact) mass is 323 g/mol. The fourth-order valence-corrected chi connectivity index (χ4v) is 3.31. The molecule has 0 bridgehead atoms. The Hall–Kier alpha value is -2.66. The lowest BCUT2D eigenvalue weighted by atomic mass is 10.1. The van der Waals surface area contributed by atoms with Gasteiger partial charge in [0.2, 0.25) is 5.91 Å². The van der Waals surface area contributed by atoms with Crippen LogP contribution >= 0.6 is 0 Å². The van der Waals surface area contributed by atoms with Crippen LogP contribution in [0.2, 0.25) is 0 Å². The number of carbonyl (C=O) groups is 2. The van der Waals surface area contributed by atoms with Gasteiger partial charge in [0, 0.05) is 5.56 Å². The lowest BCUT2D eigenvalue weighted by Crippen LogP contribution is -2.36. The van der Waals surface area contributed by atoms with Crippen LogP contribution in [-0.2, 0) is 14.3 Å². The predicted molar refractivity (Wildman–Crippen MR) is 86.0 cm³/mol. The minimum Gasteiger partial charge on any atom is -0.456 e. The molecule has 2 aromatic rings. The van der Waals surface area contributed by atoms with Crippen molar-refractivity contribution in [2.24, 2.45) is 0 Å². The highest BCUT2D eigenvalue weighted by Gasteiger charge is 2.50. The van der Waals surface area contributed by atoms with E-state index in [9.17, 15) is 9.59 Å². The molecule has 2 heterocycles. The topological polar surface area (TPSA) is 55.8 Å². The van der Waals surface area contributed by atoms with Crippen LogP contribution in [0.15, 0.2) is 60.7 Å². The number of amides is 1. The van der Waals surface area contributed by atoms with E-state index in [0.29, 0.717) is 12.2 Å². The Labute approximate surface area is 139 Å². The maximum atomic E-state index is 12.4. The largest absolute Gasteiger partial charge is 0.456 e. The molecular formula is C19H17NO4. The molecule has 5 nitrogen and oxygen atoms in total. The SMILES string of the molecule is O=C(O[C@H]1CC(=O)N2[C@@H](c3ccccc3)OC[C@H]12)c1ccccc1. The minimum atomic E-state index is -0.473. The third-order valence-electron chi connectivity index (χ3n) is 4.48. The van der Waals surface area contributed by atoms with Gasteiger partial charge in [-0.25, -0.2) is 4.79 Å². The summed E-state index contributed by atoms with van der Waals surface area (Å²) in [5.74, 6) is -0.448. The van der Waals surface area contributed by atoms with Crippen LogP contribution in [0.3, 0.4) is 0 Å². The molecule has 2 aliphatic heterocycles. The molecular weight excluding hydrogens is 306 g/mol. The summed E-state index contributed by atoms with van der Waals surface area (Å²) in [5.41, 5.74) is 1.42. The van der Waals surface area contributed by atoms with Crippen LogP contribution in [0, 0.1) is 0 Å². The molecule has 2 fully saturated rings. The summed E-state index contributed by atoms with van der Waals surface area (Å²) >= 11 is 0. The fraction of sp³-hybridized carbons (Fsp3) is 0.263. The minimum absolute atomic E-state index is 0.0442. The van der Waals surface area contributed by atoms with Crippen molar-refractivity contribution in [3.05, 3.63) is 71.8 Å². The van der Waals surface area contributed by atoms with E-state index in [-0.39, 0.29) is 18.4 Å². The lowest BCUT2D eigenvalue weighted by molar-refractivity contribution is -0.134. The Morgan fingerprint density at radius 1 is 1.04 bits per heavy atom. The number of carbonyl (C=O) groups excluding carboxylic acids is 2. The molecule has 122 valence electrons. The summed E-state index contributed by atoms with van der Waals surface area (Å²) in [7, 11) is 0. The van der Waals surface area contributed by atoms with E-state index in [1.54, 1.807) is 29.2 Å². The molecule has 5 heteroatoms. The second-order valence-corrected chi connectivity index (χ2v) is 5.98. The molecule has 3 atom stereocenters. The molecule has 0 spiro atoms. The maximum Gasteiger partial charge on any atom is 0.338 e. The number of hydrogen-bond donors (Lipinski definition) is 0. The second-order valence-electron chi connectivity index (χ2n) is 5.98. The highest BCUT2D eigenvalue weighted by Crippen LogP contribution is 2.38. The van der Waals surface area contributed by atoms with E-state index < -0.39 is 18.3 Å². The third kappa shape index (κ3) is 2.57. The predicted octanol–water partition coefficient (Wildman–Crippen LogP) is 2.54. The summed E-state index contributed by atoms with van der Waals surface area (Å²) in [6, 6.07) is 18.2. The van der Waals surface area contributed by atoms with Gasteiger partial charge in [-0.05, 0) is 12.1 Å². The summed E-state index contributed by atoms with van der Waals surface area (Å²) in [6.45, 7) is 0.373. The van der Waals surface area contributed by atoms with E-state index in [0.717, 1.165) is 5.56 Å². The van der Waals surface area contributed by atoms with Crippen molar-refractivity contribution >= 4 is 11.9 Å². The Morgan fingerprint density at radius 2 is 1.71 bits per heavy atom. The number of fused-ring (bicyclic) bond motifs is 1. The van der Waals surface area contributed by atoms with Crippen LogP contribution in [-0.4, -0.2) is 35.5 Å². The molecule has 1 amide bonds. The second kappa shape index (κ2) is 6.09. The van der Waals surface area contributed by atoms with Gasteiger partial charge in [-0.15, -0.1) is 0 Å². The molecule has 0 radical (unpaired) electrons. The van der Waals surface area contributed by atoms with Gasteiger partial charge in [0.05, 0.1) is 24.6 Å². The highest BCUT2D eigenvalue weighted by molar-refractivity contribution is 5.90. The Bertz CT molecular complexity index is 746. The molecule has 0 saturated carbocycles. The first-order valence-electron chi connectivity index (χ1n) is 7.98. The lowest BCUT2D eigenvalue weighted by Gasteiger charge is -2.23. The van der Waals surface area contributed by atoms with E-state index in [2.05, 4.69) is 0 Å². The molecule has 2 aromatic carbocycles. The first-order valence-corrected chi connectivity index (χ1v) is 7.98. The Kier molecular flexibility index (Phi) is 3.78. The molecule has 2 saturated heterocycles. The van der Waals surface area contributed by atoms with Crippen molar-refractivity contribution in [2.75, 3.05) is 6.61 Å². The van der Waals surface area contributed by atoms with E-state index in [1.165, 1.54) is 0 Å². The van der Waals surface area contributed by atoms with Crippen LogP contribution in [0.4, 0.5) is 0 Å². The first-order chi connectivity index (χ1) is 11.7. The van der Waals surface area contributed by atoms with Crippen LogP contribution < -0.4 is 0 Å². The van der Waals surface area contributed by atoms with Gasteiger partial charge in [0.1, 0.15) is 6.10 Å². The summed E-state index contributed by atoms with van der Waals surface area (Å²) in [5, 5.41) is 0. The van der Waals surface area contributed by atoms with E-state index in [1.807, 2.05) is 36.4 Å². The maximum absolute atomic E-state index is 12.4. The van der Waals surface area contributed by atoms with Crippen molar-refractivity contribution in [1.29, 1.82) is 0 Å². The Balaban J connectivity index is 1.51. The van der Waals surface area contributed by atoms with Crippen molar-refractivity contribution in [3.63, 3.8) is 0 Å². The average Bonchev–Trinajstić information content (AvgIpc) is 3.19. The van der Waals surface area contributed by atoms with Crippen LogP contribution in [0.1, 0.15) is 28.6 Å². The van der Waals surface area contributed by atoms with Crippen molar-refractivity contribution in [2.45, 2.75) is 24.8 Å². The van der Waals surface area contributed by atoms with E-state index >= 15 is 0 Å². The summed E-state index contributed by atoms with van der Waals surface area (Å²) in [4.78, 5) is 26.4. The molecule has 2 aliphatic rings. The Morgan fingerprint density at radius 3 is 2.42 bits per heavy atom. The van der Waals surface area contributed by atoms with Gasteiger partial charge < -0.3 is 14.4 Å². The van der Waals surface area contributed by atoms with Gasteiger partial charge in [0.25, 0.3) is 0 Å². The van der Waals surface area contributed by atoms with Crippen molar-refractivity contribution in [3.8, 4) is 0 Å². The highest BCUT2D eigenvalue weighted by atomic mass is 16.6. The van der Waals surface area contributed by atoms with Gasteiger partial charge in [-0.3, -0.25) is 4.79 Å². The van der Waals surface area contributed by atoms with Gasteiger partial charge in [-0.2, -0.15) is 0 Å². The smallest absolute Gasteiger partial charge is 0.338 e. The zero-order valence-electron chi connectivity index (χ0n) is 13.0. The van der Waals surface area contributed by atoms with Crippen molar-refractivity contribution in [1.82, 2.24) is 4.90 Å². The zero-order valence-corrected chi connectivity index (χ0v) is 13.0. The fourth-order valence-electron chi connectivity index (χ4n) is 3.31. The van der Waals surface area contributed by atoms with Crippen molar-refractivity contribution < 1.29 is 19.1 Å². The van der Waals surface area contributed by atoms with Crippen LogP contribution in [0.25, 0.3) is 0 Å². The number of esters is 1. The average molecular weight is 323 g/mol. The van der Waals surface area contributed by atoms with Gasteiger partial charge >= 0.3 is 5.97 Å². The quantitative estimate of drug-likeness (QED) is 0.815. The summed E-state index contributed by atoms with van der Waals surface area (Å²) in [6.07, 6.45) is -0.668.